The van der Waals surface area contributed by atoms with Crippen molar-refractivity contribution in [2.45, 2.75) is 34.1 Å². The quantitative estimate of drug-likeness (QED) is 0.925. The fourth-order valence-corrected chi connectivity index (χ4v) is 2.08. The number of anilines is 1. The van der Waals surface area contributed by atoms with Gasteiger partial charge in [0, 0.05) is 5.92 Å². The predicted molar refractivity (Wildman–Crippen MR) is 81.1 cm³/mol. The first-order valence-electron chi connectivity index (χ1n) is 6.97. The van der Waals surface area contributed by atoms with Crippen LogP contribution in [0.5, 0.6) is 0 Å². The maximum atomic E-state index is 12.0. The first kappa shape index (κ1) is 14.3. The van der Waals surface area contributed by atoms with Gasteiger partial charge in [-0.25, -0.2) is 4.68 Å². The van der Waals surface area contributed by atoms with Crippen molar-refractivity contribution < 1.29 is 4.79 Å². The van der Waals surface area contributed by atoms with Crippen LogP contribution in [-0.4, -0.2) is 15.7 Å². The molecule has 20 heavy (non-hydrogen) atoms. The Bertz CT molecular complexity index is 602. The van der Waals surface area contributed by atoms with Gasteiger partial charge in [0.1, 0.15) is 0 Å². The van der Waals surface area contributed by atoms with Gasteiger partial charge in [-0.05, 0) is 32.4 Å². The minimum absolute atomic E-state index is 0.00822. The Kier molecular flexibility index (Phi) is 4.23. The number of hydrogen-bond donors (Lipinski definition) is 1. The van der Waals surface area contributed by atoms with Gasteiger partial charge < -0.3 is 5.32 Å². The zero-order valence-electron chi connectivity index (χ0n) is 12.5. The topological polar surface area (TPSA) is 46.9 Å². The van der Waals surface area contributed by atoms with Gasteiger partial charge in [0.25, 0.3) is 0 Å². The number of nitrogens with zero attached hydrogens (tertiary/aromatic N) is 2. The lowest BCUT2D eigenvalue weighted by molar-refractivity contribution is -0.119. The van der Waals surface area contributed by atoms with Crippen LogP contribution in [0, 0.1) is 19.8 Å². The van der Waals surface area contributed by atoms with Crippen molar-refractivity contribution in [1.82, 2.24) is 9.78 Å². The minimum atomic E-state index is 0.00822. The minimum Gasteiger partial charge on any atom is -0.323 e. The molecule has 0 aliphatic carbocycles. The van der Waals surface area contributed by atoms with Gasteiger partial charge in [0.05, 0.1) is 22.8 Å². The van der Waals surface area contributed by atoms with E-state index in [0.717, 1.165) is 29.2 Å². The van der Waals surface area contributed by atoms with Gasteiger partial charge >= 0.3 is 0 Å². The summed E-state index contributed by atoms with van der Waals surface area (Å²) in [5.41, 5.74) is 3.60. The van der Waals surface area contributed by atoms with Gasteiger partial charge in [-0.3, -0.25) is 4.79 Å². The molecule has 1 aromatic heterocycles. The van der Waals surface area contributed by atoms with E-state index in [9.17, 15) is 4.79 Å². The third-order valence-corrected chi connectivity index (χ3v) is 3.60. The average molecular weight is 271 g/mol. The highest BCUT2D eigenvalue weighted by Gasteiger charge is 2.17. The van der Waals surface area contributed by atoms with Crippen molar-refractivity contribution in [1.29, 1.82) is 0 Å². The average Bonchev–Trinajstić information content (AvgIpc) is 2.75. The van der Waals surface area contributed by atoms with Crippen LogP contribution >= 0.6 is 0 Å². The van der Waals surface area contributed by atoms with E-state index in [2.05, 4.69) is 10.4 Å². The van der Waals surface area contributed by atoms with E-state index < -0.39 is 0 Å². The molecule has 0 aliphatic heterocycles. The lowest BCUT2D eigenvalue weighted by Crippen LogP contribution is -2.20. The van der Waals surface area contributed by atoms with Crippen molar-refractivity contribution in [3.05, 3.63) is 41.7 Å². The SMILES string of the molecule is CC[C@H](C)C(=O)Nc1c(C)nn(-c2ccccc2)c1C. The normalized spacial score (nSPS) is 12.2. The van der Waals surface area contributed by atoms with E-state index in [1.54, 1.807) is 0 Å². The van der Waals surface area contributed by atoms with Crippen LogP contribution in [0.4, 0.5) is 5.69 Å². The molecule has 1 atom stereocenters. The molecule has 0 saturated carbocycles. The number of nitrogens with one attached hydrogen (secondary N) is 1. The summed E-state index contributed by atoms with van der Waals surface area (Å²) in [6, 6.07) is 9.92. The second kappa shape index (κ2) is 5.90. The number of aryl methyl sites for hydroxylation is 1. The van der Waals surface area contributed by atoms with Crippen LogP contribution in [0.25, 0.3) is 5.69 Å². The molecule has 0 spiro atoms. The Labute approximate surface area is 119 Å². The van der Waals surface area contributed by atoms with Crippen LogP contribution in [0.15, 0.2) is 30.3 Å². The molecule has 2 rings (SSSR count). The zero-order chi connectivity index (χ0) is 14.7. The summed E-state index contributed by atoms with van der Waals surface area (Å²) >= 11 is 0. The number of amides is 1. The third kappa shape index (κ3) is 2.74. The Morgan fingerprint density at radius 1 is 1.30 bits per heavy atom. The number of carbonyl (C=O) groups is 1. The highest BCUT2D eigenvalue weighted by molar-refractivity contribution is 5.93. The number of benzene rings is 1. The van der Waals surface area contributed by atoms with Gasteiger partial charge in [-0.2, -0.15) is 5.10 Å². The monoisotopic (exact) mass is 271 g/mol. The second-order valence-electron chi connectivity index (χ2n) is 5.09. The van der Waals surface area contributed by atoms with Crippen molar-refractivity contribution in [3.63, 3.8) is 0 Å². The van der Waals surface area contributed by atoms with Crippen LogP contribution in [0.2, 0.25) is 0 Å². The fourth-order valence-electron chi connectivity index (χ4n) is 2.08. The molecule has 1 heterocycles. The molecule has 1 aromatic carbocycles. The number of para-hydroxylation sites is 1. The molecule has 0 radical (unpaired) electrons. The van der Waals surface area contributed by atoms with E-state index in [1.165, 1.54) is 0 Å². The van der Waals surface area contributed by atoms with Crippen LogP contribution in [-0.2, 0) is 4.79 Å². The largest absolute Gasteiger partial charge is 0.323 e. The highest BCUT2D eigenvalue weighted by Crippen LogP contribution is 2.23. The molecule has 1 amide bonds. The molecule has 4 nitrogen and oxygen atoms in total. The Morgan fingerprint density at radius 2 is 1.95 bits per heavy atom. The summed E-state index contributed by atoms with van der Waals surface area (Å²) in [4.78, 5) is 12.0. The van der Waals surface area contributed by atoms with Crippen molar-refractivity contribution in [2.24, 2.45) is 5.92 Å². The maximum Gasteiger partial charge on any atom is 0.227 e. The summed E-state index contributed by atoms with van der Waals surface area (Å²) in [6.07, 6.45) is 0.830. The number of hydrogen-bond acceptors (Lipinski definition) is 2. The summed E-state index contributed by atoms with van der Waals surface area (Å²) in [6.45, 7) is 7.83. The van der Waals surface area contributed by atoms with Gasteiger partial charge in [0.2, 0.25) is 5.91 Å². The van der Waals surface area contributed by atoms with Gasteiger partial charge in [-0.1, -0.05) is 32.0 Å². The number of carbonyl (C=O) groups excluding carboxylic acids is 1. The molecule has 0 unspecified atom stereocenters. The molecule has 1 N–H and O–H groups in total. The molecule has 0 saturated heterocycles. The Balaban J connectivity index is 2.33. The molecule has 0 aliphatic rings. The zero-order valence-corrected chi connectivity index (χ0v) is 12.5. The molecule has 4 heteroatoms. The highest BCUT2D eigenvalue weighted by atomic mass is 16.1. The molecule has 0 bridgehead atoms. The second-order valence-corrected chi connectivity index (χ2v) is 5.09. The smallest absolute Gasteiger partial charge is 0.227 e. The van der Waals surface area contributed by atoms with E-state index in [1.807, 2.05) is 62.7 Å². The number of aromatic nitrogens is 2. The van der Waals surface area contributed by atoms with E-state index in [-0.39, 0.29) is 11.8 Å². The third-order valence-electron chi connectivity index (χ3n) is 3.60. The van der Waals surface area contributed by atoms with E-state index >= 15 is 0 Å². The molecule has 2 aromatic rings. The van der Waals surface area contributed by atoms with Crippen LogP contribution in [0.1, 0.15) is 31.7 Å². The lowest BCUT2D eigenvalue weighted by atomic mass is 10.1. The summed E-state index contributed by atoms with van der Waals surface area (Å²) in [5.74, 6) is 0.0557. The van der Waals surface area contributed by atoms with E-state index in [4.69, 9.17) is 0 Å². The lowest BCUT2D eigenvalue weighted by Gasteiger charge is -2.10. The summed E-state index contributed by atoms with van der Waals surface area (Å²) in [7, 11) is 0. The maximum absolute atomic E-state index is 12.0. The van der Waals surface area contributed by atoms with Crippen molar-refractivity contribution in [3.8, 4) is 5.69 Å². The summed E-state index contributed by atoms with van der Waals surface area (Å²) in [5, 5.41) is 7.52. The molecule has 106 valence electrons. The van der Waals surface area contributed by atoms with Crippen molar-refractivity contribution in [2.75, 3.05) is 5.32 Å². The first-order valence-corrected chi connectivity index (χ1v) is 6.97. The van der Waals surface area contributed by atoms with E-state index in [0.29, 0.717) is 0 Å². The van der Waals surface area contributed by atoms with Crippen molar-refractivity contribution >= 4 is 11.6 Å². The van der Waals surface area contributed by atoms with Gasteiger partial charge in [-0.15, -0.1) is 0 Å². The molecular weight excluding hydrogens is 250 g/mol. The Morgan fingerprint density at radius 3 is 2.55 bits per heavy atom. The molecule has 0 fully saturated rings. The van der Waals surface area contributed by atoms with Crippen LogP contribution < -0.4 is 5.32 Å². The summed E-state index contributed by atoms with van der Waals surface area (Å²) < 4.78 is 1.86. The van der Waals surface area contributed by atoms with Gasteiger partial charge in [0.15, 0.2) is 0 Å². The standard InChI is InChI=1S/C16H21N3O/c1-5-11(2)16(20)17-15-12(3)18-19(13(15)4)14-9-7-6-8-10-14/h6-11H,5H2,1-4H3,(H,17,20)/t11-/m0/s1. The first-order chi connectivity index (χ1) is 9.54. The fraction of sp³-hybridized carbons (Fsp3) is 0.375. The van der Waals surface area contributed by atoms with Crippen LogP contribution in [0.3, 0.4) is 0 Å². The number of rotatable bonds is 4. The predicted octanol–water partition coefficient (Wildman–Crippen LogP) is 3.47. The Hall–Kier alpha value is -2.10. The molecular formula is C16H21N3O.